The topological polar surface area (TPSA) is 106 Å². The molecule has 0 radical (unpaired) electrons. The van der Waals surface area contributed by atoms with Gasteiger partial charge in [-0.05, 0) is 18.8 Å². The van der Waals surface area contributed by atoms with Crippen molar-refractivity contribution in [3.63, 3.8) is 0 Å². The van der Waals surface area contributed by atoms with Gasteiger partial charge in [-0.15, -0.1) is 0 Å². The van der Waals surface area contributed by atoms with Crippen molar-refractivity contribution in [1.29, 1.82) is 5.26 Å². The van der Waals surface area contributed by atoms with Gasteiger partial charge in [0, 0.05) is 6.04 Å². The number of imidazole rings is 1. The lowest BCUT2D eigenvalue weighted by Crippen LogP contribution is -2.29. The Bertz CT molecular complexity index is 715. The zero-order chi connectivity index (χ0) is 16.2. The molecule has 122 valence electrons. The van der Waals surface area contributed by atoms with E-state index in [1.54, 1.807) is 6.33 Å². The molecule has 1 aliphatic carbocycles. The second-order valence-corrected chi connectivity index (χ2v) is 6.60. The van der Waals surface area contributed by atoms with Crippen molar-refractivity contribution in [2.75, 3.05) is 13.2 Å². The van der Waals surface area contributed by atoms with E-state index in [2.05, 4.69) is 15.0 Å². The fourth-order valence-corrected chi connectivity index (χ4v) is 3.37. The van der Waals surface area contributed by atoms with E-state index in [1.165, 1.54) is 6.33 Å². The lowest BCUT2D eigenvalue weighted by molar-refractivity contribution is 0.107. The smallest absolute Gasteiger partial charge is 0.328 e. The van der Waals surface area contributed by atoms with Gasteiger partial charge < -0.3 is 18.5 Å². The third-order valence-corrected chi connectivity index (χ3v) is 4.80. The maximum Gasteiger partial charge on any atom is 0.329 e. The van der Waals surface area contributed by atoms with Crippen molar-refractivity contribution in [2.45, 2.75) is 25.3 Å². The first kappa shape index (κ1) is 16.5. The zero-order valence-corrected chi connectivity index (χ0v) is 13.8. The highest BCUT2D eigenvalue weighted by molar-refractivity contribution is 7.40. The molecular formula is C13H15ClN5O3P. The zero-order valence-electron chi connectivity index (χ0n) is 12.2. The fraction of sp³-hybridized carbons (Fsp3) is 0.538. The monoisotopic (exact) mass is 355 g/mol. The number of aromatic nitrogens is 4. The molecule has 2 heterocycles. The minimum atomic E-state index is -1.90. The first-order valence-corrected chi connectivity index (χ1v) is 8.64. The summed E-state index contributed by atoms with van der Waals surface area (Å²) >= 11 is 6.00. The molecule has 0 spiro atoms. The van der Waals surface area contributed by atoms with Crippen LogP contribution in [-0.4, -0.2) is 37.6 Å². The molecule has 3 rings (SSSR count). The highest BCUT2D eigenvalue weighted by Crippen LogP contribution is 2.42. The van der Waals surface area contributed by atoms with Gasteiger partial charge in [-0.3, -0.25) is 0 Å². The molecule has 0 amide bonds. The summed E-state index contributed by atoms with van der Waals surface area (Å²) in [6.07, 6.45) is 5.23. The average Bonchev–Trinajstić information content (AvgIpc) is 2.91. The molecule has 1 saturated carbocycles. The van der Waals surface area contributed by atoms with Gasteiger partial charge in [-0.2, -0.15) is 5.26 Å². The second-order valence-electron chi connectivity index (χ2n) is 5.25. The molecule has 8 nitrogen and oxygen atoms in total. The average molecular weight is 356 g/mol. The molecule has 0 saturated heterocycles. The number of nitrogens with zero attached hydrogens (tertiary/aromatic N) is 5. The number of rotatable bonds is 7. The maximum absolute atomic E-state index is 9.53. The molecule has 2 aromatic heterocycles. The van der Waals surface area contributed by atoms with Crippen molar-refractivity contribution in [1.82, 2.24) is 19.5 Å². The van der Waals surface area contributed by atoms with Gasteiger partial charge in [0.1, 0.15) is 11.8 Å². The summed E-state index contributed by atoms with van der Waals surface area (Å²) in [6.45, 7) is 0.626. The summed E-state index contributed by atoms with van der Waals surface area (Å²) in [5.74, 6) is 0.353. The maximum atomic E-state index is 9.53. The summed E-state index contributed by atoms with van der Waals surface area (Å²) in [5, 5.41) is 8.74. The van der Waals surface area contributed by atoms with Crippen LogP contribution in [-0.2, 0) is 9.05 Å². The summed E-state index contributed by atoms with van der Waals surface area (Å²) in [4.78, 5) is 21.9. The highest BCUT2D eigenvalue weighted by atomic mass is 35.5. The predicted molar refractivity (Wildman–Crippen MR) is 83.4 cm³/mol. The SMILES string of the molecule is N#CCCOP(O)OCC1CC(n2cnc3c(Cl)ncnc32)C1. The van der Waals surface area contributed by atoms with Crippen molar-refractivity contribution in [3.05, 3.63) is 17.8 Å². The van der Waals surface area contributed by atoms with Gasteiger partial charge in [0.05, 0.1) is 32.0 Å². The molecule has 0 aromatic carbocycles. The van der Waals surface area contributed by atoms with E-state index in [0.29, 0.717) is 29.2 Å². The Kier molecular flexibility index (Phi) is 5.36. The van der Waals surface area contributed by atoms with Crippen LogP contribution in [0.3, 0.4) is 0 Å². The van der Waals surface area contributed by atoms with Crippen LogP contribution in [0.1, 0.15) is 25.3 Å². The van der Waals surface area contributed by atoms with Crippen LogP contribution in [0.5, 0.6) is 0 Å². The molecule has 23 heavy (non-hydrogen) atoms. The van der Waals surface area contributed by atoms with Crippen molar-refractivity contribution >= 4 is 31.4 Å². The van der Waals surface area contributed by atoms with Crippen LogP contribution in [0.4, 0.5) is 0 Å². The van der Waals surface area contributed by atoms with Crippen LogP contribution < -0.4 is 0 Å². The second kappa shape index (κ2) is 7.47. The van der Waals surface area contributed by atoms with Crippen LogP contribution in [0.2, 0.25) is 5.15 Å². The Hall–Kier alpha value is -1.36. The Labute approximate surface area is 139 Å². The number of fused-ring (bicyclic) bond motifs is 1. The van der Waals surface area contributed by atoms with Gasteiger partial charge in [-0.1, -0.05) is 11.6 Å². The van der Waals surface area contributed by atoms with Crippen molar-refractivity contribution in [3.8, 4) is 6.07 Å². The van der Waals surface area contributed by atoms with E-state index < -0.39 is 8.60 Å². The summed E-state index contributed by atoms with van der Waals surface area (Å²) in [7, 11) is -1.90. The molecule has 0 bridgehead atoms. The van der Waals surface area contributed by atoms with Gasteiger partial charge in [-0.25, -0.2) is 15.0 Å². The first-order valence-electron chi connectivity index (χ1n) is 7.14. The number of hydrogen-bond donors (Lipinski definition) is 1. The lowest BCUT2D eigenvalue weighted by atomic mass is 9.81. The quantitative estimate of drug-likeness (QED) is 0.462. The largest absolute Gasteiger partial charge is 0.329 e. The lowest BCUT2D eigenvalue weighted by Gasteiger charge is -2.36. The Morgan fingerprint density at radius 3 is 3.00 bits per heavy atom. The highest BCUT2D eigenvalue weighted by Gasteiger charge is 2.32. The molecule has 10 heteroatoms. The van der Waals surface area contributed by atoms with Crippen LogP contribution in [0, 0.1) is 17.2 Å². The van der Waals surface area contributed by atoms with Gasteiger partial charge in [0.25, 0.3) is 0 Å². The molecule has 1 fully saturated rings. The molecule has 0 aliphatic heterocycles. The summed E-state index contributed by atoms with van der Waals surface area (Å²) < 4.78 is 12.3. The van der Waals surface area contributed by atoms with E-state index in [1.807, 2.05) is 10.6 Å². The molecule has 1 N–H and O–H groups in total. The van der Waals surface area contributed by atoms with Crippen LogP contribution >= 0.6 is 20.2 Å². The molecule has 1 atom stereocenters. The van der Waals surface area contributed by atoms with Gasteiger partial charge >= 0.3 is 8.60 Å². The third kappa shape index (κ3) is 3.77. The molecule has 1 aliphatic rings. The predicted octanol–water partition coefficient (Wildman–Crippen LogP) is 2.60. The molecular weight excluding hydrogens is 341 g/mol. The third-order valence-electron chi connectivity index (χ3n) is 3.75. The van der Waals surface area contributed by atoms with E-state index in [9.17, 15) is 4.89 Å². The normalized spacial score (nSPS) is 21.8. The molecule has 2 aromatic rings. The Morgan fingerprint density at radius 2 is 2.22 bits per heavy atom. The fourth-order valence-electron chi connectivity index (χ4n) is 2.53. The van der Waals surface area contributed by atoms with E-state index >= 15 is 0 Å². The minimum absolute atomic E-state index is 0.188. The summed E-state index contributed by atoms with van der Waals surface area (Å²) in [6, 6.07) is 2.24. The Balaban J connectivity index is 1.47. The van der Waals surface area contributed by atoms with Gasteiger partial charge in [0.15, 0.2) is 10.8 Å². The number of nitriles is 1. The minimum Gasteiger partial charge on any atom is -0.328 e. The Morgan fingerprint density at radius 1 is 1.39 bits per heavy atom. The summed E-state index contributed by atoms with van der Waals surface area (Å²) in [5.41, 5.74) is 1.34. The number of hydrogen-bond acceptors (Lipinski definition) is 7. The van der Waals surface area contributed by atoms with E-state index in [-0.39, 0.29) is 13.0 Å². The number of halogens is 1. The standard InChI is InChI=1S/C13H15ClN5O3P/c14-12-11-13(17-7-16-12)19(8-18-11)10-4-9(5-10)6-22-23(20)21-3-1-2-15/h7-10,20H,1,3-6H2. The van der Waals surface area contributed by atoms with E-state index in [0.717, 1.165) is 18.5 Å². The van der Waals surface area contributed by atoms with E-state index in [4.69, 9.17) is 25.9 Å². The van der Waals surface area contributed by atoms with Crippen LogP contribution in [0.15, 0.2) is 12.7 Å². The van der Waals surface area contributed by atoms with Crippen molar-refractivity contribution < 1.29 is 13.9 Å². The van der Waals surface area contributed by atoms with Crippen LogP contribution in [0.25, 0.3) is 11.2 Å². The van der Waals surface area contributed by atoms with Gasteiger partial charge in [0.2, 0.25) is 0 Å². The molecule has 1 unspecified atom stereocenters. The van der Waals surface area contributed by atoms with Crippen molar-refractivity contribution in [2.24, 2.45) is 5.92 Å². The first-order chi connectivity index (χ1) is 11.2.